The lowest BCUT2D eigenvalue weighted by Crippen LogP contribution is -2.59. The van der Waals surface area contributed by atoms with E-state index in [2.05, 4.69) is 15.6 Å². The van der Waals surface area contributed by atoms with Crippen LogP contribution in [0.15, 0.2) is 18.5 Å². The second-order valence-electron chi connectivity index (χ2n) is 5.62. The Kier molecular flexibility index (Phi) is 3.22. The highest BCUT2D eigenvalue weighted by atomic mass is 19.1. The minimum Gasteiger partial charge on any atom is -0.349 e. The van der Waals surface area contributed by atoms with Crippen LogP contribution >= 0.6 is 0 Å². The second-order valence-corrected chi connectivity index (χ2v) is 5.62. The molecule has 1 spiro atoms. The van der Waals surface area contributed by atoms with Gasteiger partial charge in [0.2, 0.25) is 0 Å². The van der Waals surface area contributed by atoms with Gasteiger partial charge in [-0.25, -0.2) is 4.39 Å². The van der Waals surface area contributed by atoms with Crippen LogP contribution in [-0.4, -0.2) is 29.0 Å². The van der Waals surface area contributed by atoms with Crippen LogP contribution in [0.4, 0.5) is 4.39 Å². The van der Waals surface area contributed by atoms with Crippen LogP contribution < -0.4 is 10.6 Å². The predicted molar refractivity (Wildman–Crippen MR) is 69.3 cm³/mol. The Morgan fingerprint density at radius 3 is 3.00 bits per heavy atom. The molecule has 2 aliphatic rings. The van der Waals surface area contributed by atoms with E-state index in [0.717, 1.165) is 25.6 Å². The summed E-state index contributed by atoms with van der Waals surface area (Å²) in [7, 11) is 0. The van der Waals surface area contributed by atoms with Gasteiger partial charge in [0.15, 0.2) is 0 Å². The molecule has 0 radical (unpaired) electrons. The molecule has 1 saturated heterocycles. The number of carbonyl (C=O) groups is 1. The minimum atomic E-state index is -0.478. The molecule has 0 bridgehead atoms. The third kappa shape index (κ3) is 2.61. The van der Waals surface area contributed by atoms with E-state index in [-0.39, 0.29) is 17.5 Å². The molecule has 2 N–H and O–H groups in total. The molecular formula is C14H18FN3O. The first-order chi connectivity index (χ1) is 9.17. The number of rotatable bonds is 2. The fraction of sp³-hybridized carbons (Fsp3) is 0.571. The van der Waals surface area contributed by atoms with Gasteiger partial charge in [-0.05, 0) is 44.7 Å². The lowest BCUT2D eigenvalue weighted by molar-refractivity contribution is 0.0852. The molecule has 5 heteroatoms. The van der Waals surface area contributed by atoms with Crippen LogP contribution in [0.1, 0.15) is 42.5 Å². The lowest BCUT2D eigenvalue weighted by Gasteiger charge is -2.48. The molecule has 1 amide bonds. The number of nitrogens with one attached hydrogen (secondary N) is 2. The van der Waals surface area contributed by atoms with Crippen molar-refractivity contribution in [3.05, 3.63) is 29.8 Å². The van der Waals surface area contributed by atoms with Crippen molar-refractivity contribution in [2.45, 2.75) is 43.7 Å². The molecule has 102 valence electrons. The summed E-state index contributed by atoms with van der Waals surface area (Å²) in [6.07, 6.45) is 8.06. The Balaban J connectivity index is 1.63. The van der Waals surface area contributed by atoms with Gasteiger partial charge in [0.05, 0.1) is 11.8 Å². The average molecular weight is 263 g/mol. The molecule has 0 aromatic carbocycles. The number of hydrogen-bond acceptors (Lipinski definition) is 3. The maximum atomic E-state index is 13.0. The first-order valence-corrected chi connectivity index (χ1v) is 6.83. The van der Waals surface area contributed by atoms with E-state index in [4.69, 9.17) is 0 Å². The van der Waals surface area contributed by atoms with E-state index in [1.807, 2.05) is 0 Å². The monoisotopic (exact) mass is 263 g/mol. The van der Waals surface area contributed by atoms with Crippen LogP contribution in [0, 0.1) is 5.82 Å². The molecule has 4 nitrogen and oxygen atoms in total. The van der Waals surface area contributed by atoms with Gasteiger partial charge in [0.1, 0.15) is 5.82 Å². The summed E-state index contributed by atoms with van der Waals surface area (Å²) < 4.78 is 13.0. The predicted octanol–water partition coefficient (Wildman–Crippen LogP) is 1.63. The van der Waals surface area contributed by atoms with Crippen molar-refractivity contribution in [1.82, 2.24) is 15.6 Å². The van der Waals surface area contributed by atoms with E-state index < -0.39 is 5.82 Å². The molecule has 1 aliphatic carbocycles. The van der Waals surface area contributed by atoms with E-state index in [1.54, 1.807) is 0 Å². The Hall–Kier alpha value is -1.49. The number of hydrogen-bond donors (Lipinski definition) is 2. The van der Waals surface area contributed by atoms with Crippen LogP contribution in [0.3, 0.4) is 0 Å². The largest absolute Gasteiger partial charge is 0.349 e. The summed E-state index contributed by atoms with van der Waals surface area (Å²) in [6.45, 7) is 0.937. The molecular weight excluding hydrogens is 245 g/mol. The molecule has 1 unspecified atom stereocenters. The van der Waals surface area contributed by atoms with E-state index in [1.165, 1.54) is 31.5 Å². The number of halogens is 1. The molecule has 19 heavy (non-hydrogen) atoms. The minimum absolute atomic E-state index is 0.178. The quantitative estimate of drug-likeness (QED) is 0.852. The van der Waals surface area contributed by atoms with Gasteiger partial charge < -0.3 is 10.6 Å². The van der Waals surface area contributed by atoms with E-state index in [9.17, 15) is 9.18 Å². The zero-order valence-electron chi connectivity index (χ0n) is 10.8. The molecule has 1 aromatic rings. The zero-order chi connectivity index (χ0) is 13.3. The van der Waals surface area contributed by atoms with Crippen molar-refractivity contribution >= 4 is 5.91 Å². The van der Waals surface area contributed by atoms with E-state index in [0.29, 0.717) is 5.56 Å². The van der Waals surface area contributed by atoms with Gasteiger partial charge >= 0.3 is 0 Å². The lowest BCUT2D eigenvalue weighted by atomic mass is 9.70. The van der Waals surface area contributed by atoms with Crippen molar-refractivity contribution in [2.24, 2.45) is 0 Å². The highest BCUT2D eigenvalue weighted by Gasteiger charge is 2.41. The standard InChI is InChI=1S/C14H18FN3O/c15-11-6-10(8-16-9-11)13(19)18-12-2-5-17-14(7-12)3-1-4-14/h6,8-9,12,17H,1-5,7H2,(H,18,19). The van der Waals surface area contributed by atoms with E-state index >= 15 is 0 Å². The van der Waals surface area contributed by atoms with Crippen LogP contribution in [0.2, 0.25) is 0 Å². The Morgan fingerprint density at radius 2 is 2.32 bits per heavy atom. The van der Waals surface area contributed by atoms with Gasteiger partial charge in [-0.2, -0.15) is 0 Å². The van der Waals surface area contributed by atoms with Crippen LogP contribution in [-0.2, 0) is 0 Å². The van der Waals surface area contributed by atoms with Gasteiger partial charge in [-0.15, -0.1) is 0 Å². The smallest absolute Gasteiger partial charge is 0.253 e. The van der Waals surface area contributed by atoms with Crippen LogP contribution in [0.5, 0.6) is 0 Å². The summed E-state index contributed by atoms with van der Waals surface area (Å²) in [5, 5.41) is 6.56. The maximum absolute atomic E-state index is 13.0. The maximum Gasteiger partial charge on any atom is 0.253 e. The summed E-state index contributed by atoms with van der Waals surface area (Å²) in [4.78, 5) is 15.8. The molecule has 2 heterocycles. The molecule has 1 aliphatic heterocycles. The number of aromatic nitrogens is 1. The van der Waals surface area contributed by atoms with Crippen molar-refractivity contribution < 1.29 is 9.18 Å². The third-order valence-electron chi connectivity index (χ3n) is 4.24. The fourth-order valence-electron chi connectivity index (χ4n) is 3.07. The topological polar surface area (TPSA) is 54.0 Å². The SMILES string of the molecule is O=C(NC1CCNC2(CCC2)C1)c1cncc(F)c1. The molecule has 1 aromatic heterocycles. The van der Waals surface area contributed by atoms with Crippen molar-refractivity contribution in [3.8, 4) is 0 Å². The van der Waals surface area contributed by atoms with Crippen molar-refractivity contribution in [2.75, 3.05) is 6.54 Å². The molecule has 1 atom stereocenters. The number of pyridine rings is 1. The number of piperidine rings is 1. The van der Waals surface area contributed by atoms with Gasteiger partial charge in [-0.3, -0.25) is 9.78 Å². The Bertz CT molecular complexity index is 487. The first kappa shape index (κ1) is 12.5. The summed E-state index contributed by atoms with van der Waals surface area (Å²) in [5.41, 5.74) is 0.539. The highest BCUT2D eigenvalue weighted by Crippen LogP contribution is 2.38. The fourth-order valence-corrected chi connectivity index (χ4v) is 3.07. The molecule has 2 fully saturated rings. The number of nitrogens with zero attached hydrogens (tertiary/aromatic N) is 1. The Labute approximate surface area is 111 Å². The number of amides is 1. The summed E-state index contributed by atoms with van der Waals surface area (Å²) in [5.74, 6) is -0.707. The van der Waals surface area contributed by atoms with Gasteiger partial charge in [0, 0.05) is 17.8 Å². The van der Waals surface area contributed by atoms with Gasteiger partial charge in [-0.1, -0.05) is 0 Å². The van der Waals surface area contributed by atoms with Crippen molar-refractivity contribution in [1.29, 1.82) is 0 Å². The Morgan fingerprint density at radius 1 is 1.47 bits per heavy atom. The zero-order valence-corrected chi connectivity index (χ0v) is 10.8. The first-order valence-electron chi connectivity index (χ1n) is 6.83. The van der Waals surface area contributed by atoms with Crippen LogP contribution in [0.25, 0.3) is 0 Å². The summed E-state index contributed by atoms with van der Waals surface area (Å²) >= 11 is 0. The van der Waals surface area contributed by atoms with Gasteiger partial charge in [0.25, 0.3) is 5.91 Å². The average Bonchev–Trinajstić information content (AvgIpc) is 2.37. The highest BCUT2D eigenvalue weighted by molar-refractivity contribution is 5.94. The second kappa shape index (κ2) is 4.89. The van der Waals surface area contributed by atoms with Crippen molar-refractivity contribution in [3.63, 3.8) is 0 Å². The molecule has 3 rings (SSSR count). The number of carbonyl (C=O) groups excluding carboxylic acids is 1. The normalized spacial score (nSPS) is 24.8. The molecule has 1 saturated carbocycles. The summed E-state index contributed by atoms with van der Waals surface area (Å²) in [6, 6.07) is 1.40. The third-order valence-corrected chi connectivity index (χ3v) is 4.24.